The van der Waals surface area contributed by atoms with Gasteiger partial charge in [-0.1, -0.05) is 45.9 Å². The highest BCUT2D eigenvalue weighted by Gasteiger charge is 2.34. The maximum Gasteiger partial charge on any atom is 0.165 e. The van der Waals surface area contributed by atoms with Crippen LogP contribution < -0.4 is 0 Å². The Morgan fingerprint density at radius 1 is 1.18 bits per heavy atom. The van der Waals surface area contributed by atoms with Crippen molar-refractivity contribution in [2.75, 3.05) is 0 Å². The van der Waals surface area contributed by atoms with Crippen molar-refractivity contribution in [2.45, 2.75) is 52.9 Å². The molecule has 2 nitrogen and oxygen atoms in total. The van der Waals surface area contributed by atoms with E-state index < -0.39 is 0 Å². The third kappa shape index (κ3) is 2.35. The number of rotatable bonds is 1. The minimum absolute atomic E-state index is 0.0445. The quantitative estimate of drug-likeness (QED) is 0.704. The Labute approximate surface area is 133 Å². The second-order valence-electron chi connectivity index (χ2n) is 7.72. The number of fused-ring (bicyclic) bond motifs is 2. The molecule has 0 amide bonds. The van der Waals surface area contributed by atoms with Crippen LogP contribution in [0.2, 0.25) is 0 Å². The van der Waals surface area contributed by atoms with Gasteiger partial charge in [-0.15, -0.1) is 0 Å². The lowest BCUT2D eigenvalue weighted by Crippen LogP contribution is -2.27. The minimum Gasteiger partial charge on any atom is -0.504 e. The van der Waals surface area contributed by atoms with Crippen LogP contribution in [0.25, 0.3) is 6.08 Å². The highest BCUT2D eigenvalue weighted by Crippen LogP contribution is 2.48. The number of hydrogen-bond acceptors (Lipinski definition) is 2. The Bertz CT molecular complexity index is 663. The maximum atomic E-state index is 10.5. The summed E-state index contributed by atoms with van der Waals surface area (Å²) >= 11 is 0. The molecule has 0 saturated carbocycles. The molecule has 22 heavy (non-hydrogen) atoms. The van der Waals surface area contributed by atoms with Crippen LogP contribution in [0.5, 0.6) is 11.5 Å². The molecule has 0 aromatic heterocycles. The van der Waals surface area contributed by atoms with E-state index in [0.29, 0.717) is 5.92 Å². The fraction of sp³-hybridized carbons (Fsp3) is 0.500. The van der Waals surface area contributed by atoms with Gasteiger partial charge in [-0.3, -0.25) is 0 Å². The molecule has 0 unspecified atom stereocenters. The highest BCUT2D eigenvalue weighted by atomic mass is 16.3. The van der Waals surface area contributed by atoms with E-state index in [1.807, 2.05) is 13.8 Å². The summed E-state index contributed by atoms with van der Waals surface area (Å²) in [6.07, 6.45) is 9.65. The van der Waals surface area contributed by atoms with Gasteiger partial charge in [-0.05, 0) is 53.7 Å². The fourth-order valence-electron chi connectivity index (χ4n) is 3.94. The molecular formula is C20H26O2. The number of aryl methyl sites for hydroxylation is 1. The van der Waals surface area contributed by atoms with Gasteiger partial charge in [0.15, 0.2) is 11.5 Å². The molecule has 2 heteroatoms. The second-order valence-corrected chi connectivity index (χ2v) is 7.72. The van der Waals surface area contributed by atoms with Crippen molar-refractivity contribution in [3.8, 4) is 11.5 Å². The van der Waals surface area contributed by atoms with Crippen molar-refractivity contribution < 1.29 is 10.2 Å². The van der Waals surface area contributed by atoms with Crippen LogP contribution in [0.4, 0.5) is 0 Å². The lowest BCUT2D eigenvalue weighted by Gasteiger charge is -2.37. The second kappa shape index (κ2) is 5.19. The molecule has 1 aromatic rings. The van der Waals surface area contributed by atoms with Crippen LogP contribution >= 0.6 is 0 Å². The van der Waals surface area contributed by atoms with Gasteiger partial charge in [0, 0.05) is 11.1 Å². The van der Waals surface area contributed by atoms with E-state index in [1.54, 1.807) is 0 Å². The Kier molecular flexibility index (Phi) is 3.58. The maximum absolute atomic E-state index is 10.5. The molecule has 2 N–H and O–H groups in total. The van der Waals surface area contributed by atoms with E-state index in [9.17, 15) is 10.2 Å². The van der Waals surface area contributed by atoms with Crippen molar-refractivity contribution in [1.82, 2.24) is 0 Å². The normalized spacial score (nSPS) is 22.8. The molecule has 0 fully saturated rings. The Morgan fingerprint density at radius 2 is 1.91 bits per heavy atom. The van der Waals surface area contributed by atoms with Crippen LogP contribution in [0.1, 0.15) is 63.1 Å². The number of hydrogen-bond donors (Lipinski definition) is 2. The van der Waals surface area contributed by atoms with Crippen LogP contribution in [0.15, 0.2) is 23.8 Å². The van der Waals surface area contributed by atoms with E-state index >= 15 is 0 Å². The predicted octanol–water partition coefficient (Wildman–Crippen LogP) is 5.15. The van der Waals surface area contributed by atoms with Gasteiger partial charge in [0.1, 0.15) is 0 Å². The largest absolute Gasteiger partial charge is 0.504 e. The Morgan fingerprint density at radius 3 is 2.59 bits per heavy atom. The van der Waals surface area contributed by atoms with E-state index in [0.717, 1.165) is 36.0 Å². The topological polar surface area (TPSA) is 40.5 Å². The smallest absolute Gasteiger partial charge is 0.165 e. The molecule has 118 valence electrons. The van der Waals surface area contributed by atoms with Crippen molar-refractivity contribution in [3.63, 3.8) is 0 Å². The van der Waals surface area contributed by atoms with Crippen LogP contribution in [-0.2, 0) is 6.42 Å². The van der Waals surface area contributed by atoms with Gasteiger partial charge in [0.2, 0.25) is 0 Å². The molecule has 0 radical (unpaired) electrons. The average molecular weight is 298 g/mol. The van der Waals surface area contributed by atoms with Crippen LogP contribution in [0.3, 0.4) is 0 Å². The van der Waals surface area contributed by atoms with E-state index in [2.05, 4.69) is 38.1 Å². The van der Waals surface area contributed by atoms with Crippen LogP contribution in [0, 0.1) is 11.3 Å². The molecule has 2 aliphatic carbocycles. The number of allylic oxidation sites excluding steroid dienone is 3. The van der Waals surface area contributed by atoms with E-state index in [4.69, 9.17) is 0 Å². The third-order valence-electron chi connectivity index (χ3n) is 5.36. The lowest BCUT2D eigenvalue weighted by atomic mass is 9.68. The average Bonchev–Trinajstić information content (AvgIpc) is 2.62. The summed E-state index contributed by atoms with van der Waals surface area (Å²) in [5.41, 5.74) is 4.34. The molecule has 0 heterocycles. The van der Waals surface area contributed by atoms with E-state index in [1.165, 1.54) is 5.57 Å². The number of phenols is 2. The zero-order valence-corrected chi connectivity index (χ0v) is 14.0. The zero-order valence-electron chi connectivity index (χ0n) is 14.0. The fourth-order valence-corrected chi connectivity index (χ4v) is 3.94. The standard InChI is InChI=1S/C20H26O2/c1-12(2)15-10-13-7-8-17-14(6-5-9-20(17,3)4)11-16(13)19(22)18(15)21/h5-6,10-12,17,21-22H,7-9H2,1-4H3/t17-/m1/s1. The van der Waals surface area contributed by atoms with Gasteiger partial charge in [-0.2, -0.15) is 0 Å². The molecule has 0 bridgehead atoms. The number of benzene rings is 1. The summed E-state index contributed by atoms with van der Waals surface area (Å²) in [7, 11) is 0. The first-order chi connectivity index (χ1) is 10.3. The first-order valence-electron chi connectivity index (χ1n) is 8.27. The summed E-state index contributed by atoms with van der Waals surface area (Å²) in [5.74, 6) is 0.800. The van der Waals surface area contributed by atoms with Crippen molar-refractivity contribution in [1.29, 1.82) is 0 Å². The summed E-state index contributed by atoms with van der Waals surface area (Å²) in [4.78, 5) is 0. The molecule has 0 spiro atoms. The molecule has 0 aliphatic heterocycles. The van der Waals surface area contributed by atoms with Crippen molar-refractivity contribution in [3.05, 3.63) is 40.5 Å². The first-order valence-corrected chi connectivity index (χ1v) is 8.27. The van der Waals surface area contributed by atoms with Crippen LogP contribution in [-0.4, -0.2) is 10.2 Å². The van der Waals surface area contributed by atoms with Crippen molar-refractivity contribution >= 4 is 6.08 Å². The summed E-state index contributed by atoms with van der Waals surface area (Å²) in [6, 6.07) is 2.08. The minimum atomic E-state index is 0.0445. The highest BCUT2D eigenvalue weighted by molar-refractivity contribution is 5.71. The van der Waals surface area contributed by atoms with Gasteiger partial charge in [0.25, 0.3) is 0 Å². The molecule has 0 saturated heterocycles. The SMILES string of the molecule is CC(C)c1cc2c(c(O)c1O)C=C1C=CCC(C)(C)[C@@H]1CC2. The Balaban J connectivity index is 2.16. The number of phenolic OH excluding ortho intramolecular Hbond substituents is 2. The molecule has 2 aliphatic rings. The summed E-state index contributed by atoms with van der Waals surface area (Å²) in [6.45, 7) is 8.73. The monoisotopic (exact) mass is 298 g/mol. The van der Waals surface area contributed by atoms with Gasteiger partial charge in [-0.25, -0.2) is 0 Å². The molecular weight excluding hydrogens is 272 g/mol. The lowest BCUT2D eigenvalue weighted by molar-refractivity contribution is 0.235. The summed E-state index contributed by atoms with van der Waals surface area (Å²) in [5, 5.41) is 20.8. The van der Waals surface area contributed by atoms with Crippen molar-refractivity contribution in [2.24, 2.45) is 11.3 Å². The number of aromatic hydroxyl groups is 2. The first kappa shape index (κ1) is 15.2. The van der Waals surface area contributed by atoms with Gasteiger partial charge < -0.3 is 10.2 Å². The van der Waals surface area contributed by atoms with Gasteiger partial charge >= 0.3 is 0 Å². The summed E-state index contributed by atoms with van der Waals surface area (Å²) < 4.78 is 0. The molecule has 1 aromatic carbocycles. The third-order valence-corrected chi connectivity index (χ3v) is 5.36. The zero-order chi connectivity index (χ0) is 16.1. The van der Waals surface area contributed by atoms with E-state index in [-0.39, 0.29) is 22.8 Å². The predicted molar refractivity (Wildman–Crippen MR) is 91.2 cm³/mol. The molecule has 3 rings (SSSR count). The van der Waals surface area contributed by atoms with Gasteiger partial charge in [0.05, 0.1) is 0 Å². The molecule has 1 atom stereocenters. The Hall–Kier alpha value is -1.70.